The number of fused-ring (bicyclic) bond motifs is 1. The summed E-state index contributed by atoms with van der Waals surface area (Å²) in [5, 5.41) is 0. The third-order valence-electron chi connectivity index (χ3n) is 3.89. The molecule has 1 unspecified atom stereocenters. The molecule has 4 heteroatoms. The summed E-state index contributed by atoms with van der Waals surface area (Å²) >= 11 is 3.53. The van der Waals surface area contributed by atoms with E-state index in [1.54, 1.807) is 12.1 Å². The van der Waals surface area contributed by atoms with E-state index < -0.39 is 0 Å². The highest BCUT2D eigenvalue weighted by molar-refractivity contribution is 9.10. The van der Waals surface area contributed by atoms with Crippen LogP contribution in [0.15, 0.2) is 58.6 Å². The van der Waals surface area contributed by atoms with Crippen LogP contribution in [0.3, 0.4) is 0 Å². The second-order valence-corrected chi connectivity index (χ2v) is 6.86. The zero-order valence-corrected chi connectivity index (χ0v) is 15.3. The van der Waals surface area contributed by atoms with Gasteiger partial charge in [0.2, 0.25) is 0 Å². The number of hydrogen-bond donors (Lipinski definition) is 0. The van der Waals surface area contributed by atoms with Gasteiger partial charge in [-0.15, -0.1) is 0 Å². The first-order valence-corrected chi connectivity index (χ1v) is 8.68. The average molecular weight is 387 g/mol. The summed E-state index contributed by atoms with van der Waals surface area (Å²) < 4.78 is 12.7. The number of carbonyl (C=O) groups is 1. The van der Waals surface area contributed by atoms with Crippen molar-refractivity contribution in [3.63, 3.8) is 0 Å². The Morgan fingerprint density at radius 1 is 1.29 bits per heavy atom. The average Bonchev–Trinajstić information content (AvgIpc) is 2.54. The van der Waals surface area contributed by atoms with Gasteiger partial charge in [-0.3, -0.25) is 4.79 Å². The number of ether oxygens (including phenoxy) is 2. The maximum absolute atomic E-state index is 12.4. The fourth-order valence-corrected chi connectivity index (χ4v) is 3.15. The van der Waals surface area contributed by atoms with Crippen molar-refractivity contribution in [2.45, 2.75) is 26.4 Å². The molecule has 1 aliphatic rings. The molecular weight excluding hydrogens is 368 g/mol. The minimum Gasteiger partial charge on any atom is -0.489 e. The Hall–Kier alpha value is -2.07. The standard InChI is InChI=1S/C20H19BrO3/c1-13(2)9-10-23-14-7-8-16-18(22)12-20(24-19(16)11-14)15-5-3-4-6-17(15)21/h3-9,11,20H,10,12H2,1-2H3. The van der Waals surface area contributed by atoms with Gasteiger partial charge in [-0.1, -0.05) is 39.7 Å². The molecular formula is C20H19BrO3. The topological polar surface area (TPSA) is 35.5 Å². The lowest BCUT2D eigenvalue weighted by Crippen LogP contribution is -2.20. The summed E-state index contributed by atoms with van der Waals surface area (Å²) in [5.41, 5.74) is 2.80. The Kier molecular flexibility index (Phi) is 5.05. The van der Waals surface area contributed by atoms with Gasteiger partial charge in [0, 0.05) is 16.1 Å². The van der Waals surface area contributed by atoms with Crippen molar-refractivity contribution in [2.24, 2.45) is 0 Å². The lowest BCUT2D eigenvalue weighted by molar-refractivity contribution is 0.0848. The summed E-state index contributed by atoms with van der Waals surface area (Å²) in [5.74, 6) is 1.38. The van der Waals surface area contributed by atoms with Gasteiger partial charge in [0.25, 0.3) is 0 Å². The molecule has 3 nitrogen and oxygen atoms in total. The normalized spacial score (nSPS) is 16.1. The molecule has 0 N–H and O–H groups in total. The van der Waals surface area contributed by atoms with Crippen LogP contribution in [0.2, 0.25) is 0 Å². The van der Waals surface area contributed by atoms with E-state index in [0.717, 1.165) is 10.0 Å². The lowest BCUT2D eigenvalue weighted by Gasteiger charge is -2.26. The Morgan fingerprint density at radius 3 is 2.83 bits per heavy atom. The van der Waals surface area contributed by atoms with Crippen LogP contribution in [-0.4, -0.2) is 12.4 Å². The zero-order chi connectivity index (χ0) is 17.1. The number of benzene rings is 2. The molecule has 3 rings (SSSR count). The van der Waals surface area contributed by atoms with Crippen LogP contribution >= 0.6 is 15.9 Å². The van der Waals surface area contributed by atoms with Crippen LogP contribution in [0.25, 0.3) is 0 Å². The number of halogens is 1. The van der Waals surface area contributed by atoms with Crippen LogP contribution in [0, 0.1) is 0 Å². The molecule has 1 heterocycles. The van der Waals surface area contributed by atoms with Gasteiger partial charge in [0.1, 0.15) is 24.2 Å². The summed E-state index contributed by atoms with van der Waals surface area (Å²) in [7, 11) is 0. The fourth-order valence-electron chi connectivity index (χ4n) is 2.61. The monoisotopic (exact) mass is 386 g/mol. The van der Waals surface area contributed by atoms with E-state index in [1.807, 2.05) is 50.3 Å². The van der Waals surface area contributed by atoms with Crippen molar-refractivity contribution in [2.75, 3.05) is 6.61 Å². The second kappa shape index (κ2) is 7.22. The molecule has 0 aromatic heterocycles. The van der Waals surface area contributed by atoms with E-state index in [-0.39, 0.29) is 11.9 Å². The van der Waals surface area contributed by atoms with Crippen molar-refractivity contribution in [1.29, 1.82) is 0 Å². The third kappa shape index (κ3) is 3.70. The first-order valence-electron chi connectivity index (χ1n) is 7.89. The fraction of sp³-hybridized carbons (Fsp3) is 0.250. The van der Waals surface area contributed by atoms with Crippen molar-refractivity contribution in [1.82, 2.24) is 0 Å². The van der Waals surface area contributed by atoms with E-state index in [1.165, 1.54) is 5.57 Å². The Morgan fingerprint density at radius 2 is 2.08 bits per heavy atom. The van der Waals surface area contributed by atoms with Crippen LogP contribution < -0.4 is 9.47 Å². The summed E-state index contributed by atoms with van der Waals surface area (Å²) in [4.78, 5) is 12.4. The summed E-state index contributed by atoms with van der Waals surface area (Å²) in [6.45, 7) is 4.56. The molecule has 0 fully saturated rings. The molecule has 0 aliphatic carbocycles. The van der Waals surface area contributed by atoms with Crippen molar-refractivity contribution in [3.8, 4) is 11.5 Å². The number of carbonyl (C=O) groups excluding carboxylic acids is 1. The van der Waals surface area contributed by atoms with Crippen molar-refractivity contribution in [3.05, 3.63) is 69.7 Å². The minimum absolute atomic E-state index is 0.0906. The predicted octanol–water partition coefficient (Wildman–Crippen LogP) is 5.50. The van der Waals surface area contributed by atoms with Crippen LogP contribution in [0.1, 0.15) is 42.3 Å². The Bertz CT molecular complexity index is 791. The molecule has 0 amide bonds. The maximum atomic E-state index is 12.4. The molecule has 0 spiro atoms. The van der Waals surface area contributed by atoms with Crippen LogP contribution in [0.5, 0.6) is 11.5 Å². The molecule has 1 atom stereocenters. The van der Waals surface area contributed by atoms with Crippen LogP contribution in [0.4, 0.5) is 0 Å². The summed E-state index contributed by atoms with van der Waals surface area (Å²) in [6, 6.07) is 13.2. The molecule has 24 heavy (non-hydrogen) atoms. The van der Waals surface area contributed by atoms with Gasteiger partial charge in [-0.25, -0.2) is 0 Å². The molecule has 0 radical (unpaired) electrons. The van der Waals surface area contributed by atoms with Gasteiger partial charge >= 0.3 is 0 Å². The van der Waals surface area contributed by atoms with E-state index in [2.05, 4.69) is 15.9 Å². The highest BCUT2D eigenvalue weighted by Crippen LogP contribution is 2.38. The number of hydrogen-bond acceptors (Lipinski definition) is 3. The third-order valence-corrected chi connectivity index (χ3v) is 4.61. The second-order valence-electron chi connectivity index (χ2n) is 6.01. The lowest BCUT2D eigenvalue weighted by atomic mass is 9.96. The molecule has 1 aliphatic heterocycles. The van der Waals surface area contributed by atoms with E-state index >= 15 is 0 Å². The maximum Gasteiger partial charge on any atom is 0.170 e. The molecule has 0 bridgehead atoms. The van der Waals surface area contributed by atoms with E-state index in [9.17, 15) is 4.79 Å². The van der Waals surface area contributed by atoms with Gasteiger partial charge in [-0.05, 0) is 38.1 Å². The largest absolute Gasteiger partial charge is 0.489 e. The molecule has 124 valence electrons. The van der Waals surface area contributed by atoms with Gasteiger partial charge in [0.15, 0.2) is 5.78 Å². The summed E-state index contributed by atoms with van der Waals surface area (Å²) in [6.07, 6.45) is 2.07. The van der Waals surface area contributed by atoms with Gasteiger partial charge in [-0.2, -0.15) is 0 Å². The van der Waals surface area contributed by atoms with Gasteiger partial charge < -0.3 is 9.47 Å². The number of Topliss-reactive ketones (excluding diaryl/α,β-unsaturated/α-hetero) is 1. The predicted molar refractivity (Wildman–Crippen MR) is 97.8 cm³/mol. The van der Waals surface area contributed by atoms with Crippen LogP contribution in [-0.2, 0) is 0 Å². The molecule has 2 aromatic rings. The smallest absolute Gasteiger partial charge is 0.170 e. The van der Waals surface area contributed by atoms with E-state index in [4.69, 9.17) is 9.47 Å². The zero-order valence-electron chi connectivity index (χ0n) is 13.7. The Balaban J connectivity index is 1.84. The number of allylic oxidation sites excluding steroid dienone is 1. The molecule has 0 saturated carbocycles. The van der Waals surface area contributed by atoms with Crippen molar-refractivity contribution >= 4 is 21.7 Å². The highest BCUT2D eigenvalue weighted by atomic mass is 79.9. The van der Waals surface area contributed by atoms with Crippen molar-refractivity contribution < 1.29 is 14.3 Å². The quantitative estimate of drug-likeness (QED) is 0.650. The first-order chi connectivity index (χ1) is 11.5. The Labute approximate surface area is 150 Å². The highest BCUT2D eigenvalue weighted by Gasteiger charge is 2.29. The molecule has 0 saturated heterocycles. The SMILES string of the molecule is CC(C)=CCOc1ccc2c(c1)OC(c1ccccc1Br)CC2=O. The van der Waals surface area contributed by atoms with Gasteiger partial charge in [0.05, 0.1) is 12.0 Å². The minimum atomic E-state index is -0.284. The number of rotatable bonds is 4. The number of ketones is 1. The van der Waals surface area contributed by atoms with E-state index in [0.29, 0.717) is 30.1 Å². The first kappa shape index (κ1) is 16.8. The molecule has 2 aromatic carbocycles.